The van der Waals surface area contributed by atoms with Crippen molar-refractivity contribution in [1.29, 1.82) is 0 Å². The molecule has 5 rings (SSSR count). The molecular weight excluding hydrogens is 470 g/mol. The van der Waals surface area contributed by atoms with Gasteiger partial charge in [-0.3, -0.25) is 4.79 Å². The maximum Gasteiger partial charge on any atom is 0.245 e. The number of aromatic nitrogens is 2. The normalized spacial score (nSPS) is 20.7. The maximum absolute atomic E-state index is 13.3. The molecule has 2 aromatic carbocycles. The van der Waals surface area contributed by atoms with Gasteiger partial charge in [-0.1, -0.05) is 23.8 Å². The molecule has 1 aromatic heterocycles. The van der Waals surface area contributed by atoms with Crippen LogP contribution in [-0.2, 0) is 14.8 Å². The number of nitrogens with zero attached hydrogens (tertiary/aromatic N) is 5. The number of fused-ring (bicyclic) bond motifs is 1. The van der Waals surface area contributed by atoms with Crippen LogP contribution in [0.2, 0.25) is 0 Å². The summed E-state index contributed by atoms with van der Waals surface area (Å²) in [5.74, 6) is 0.0135. The average Bonchev–Trinajstić information content (AvgIpc) is 3.33. The van der Waals surface area contributed by atoms with E-state index in [1.54, 1.807) is 18.2 Å². The Labute approximate surface area is 204 Å². The molecule has 3 aromatic rings. The maximum atomic E-state index is 13.3. The van der Waals surface area contributed by atoms with Crippen LogP contribution in [-0.4, -0.2) is 71.0 Å². The van der Waals surface area contributed by atoms with Crippen molar-refractivity contribution in [2.45, 2.75) is 37.6 Å². The van der Waals surface area contributed by atoms with Gasteiger partial charge in [0.15, 0.2) is 0 Å². The summed E-state index contributed by atoms with van der Waals surface area (Å²) in [4.78, 5) is 17.8. The summed E-state index contributed by atoms with van der Waals surface area (Å²) in [6.45, 7) is 7.09. The SMILES string of the molecule is Cc1ccc(N2CCN(C(=O)C3CCN(S(=O)(=O)c4cccc5nsnc45)CC3)C[C@H]2C)cc1. The lowest BCUT2D eigenvalue weighted by Gasteiger charge is -2.43. The predicted octanol–water partition coefficient (Wildman–Crippen LogP) is 3.14. The van der Waals surface area contributed by atoms with Gasteiger partial charge in [0.2, 0.25) is 15.9 Å². The van der Waals surface area contributed by atoms with Crippen LogP contribution in [0.1, 0.15) is 25.3 Å². The highest BCUT2D eigenvalue weighted by Gasteiger charge is 2.36. The minimum atomic E-state index is -3.68. The molecule has 1 amide bonds. The van der Waals surface area contributed by atoms with E-state index in [-0.39, 0.29) is 22.8 Å². The molecule has 0 unspecified atom stereocenters. The van der Waals surface area contributed by atoms with Crippen molar-refractivity contribution in [2.24, 2.45) is 5.92 Å². The zero-order chi connectivity index (χ0) is 23.9. The first-order chi connectivity index (χ1) is 16.3. The smallest absolute Gasteiger partial charge is 0.245 e. The van der Waals surface area contributed by atoms with Crippen LogP contribution >= 0.6 is 11.7 Å². The number of sulfonamides is 1. The van der Waals surface area contributed by atoms with Crippen LogP contribution in [0.15, 0.2) is 47.4 Å². The number of amides is 1. The number of piperazine rings is 1. The number of anilines is 1. The molecule has 0 N–H and O–H groups in total. The fourth-order valence-electron chi connectivity index (χ4n) is 5.01. The molecule has 1 atom stereocenters. The Morgan fingerprint density at radius 2 is 1.74 bits per heavy atom. The Morgan fingerprint density at radius 3 is 2.44 bits per heavy atom. The molecule has 0 bridgehead atoms. The van der Waals surface area contributed by atoms with E-state index in [0.717, 1.165) is 18.3 Å². The summed E-state index contributed by atoms with van der Waals surface area (Å²) in [6.07, 6.45) is 1.08. The van der Waals surface area contributed by atoms with Crippen molar-refractivity contribution in [3.05, 3.63) is 48.0 Å². The first-order valence-corrected chi connectivity index (χ1v) is 13.8. The molecule has 2 fully saturated rings. The number of benzene rings is 2. The molecule has 0 saturated carbocycles. The van der Waals surface area contributed by atoms with Gasteiger partial charge in [-0.15, -0.1) is 0 Å². The Morgan fingerprint density at radius 1 is 1.00 bits per heavy atom. The monoisotopic (exact) mass is 499 g/mol. The summed E-state index contributed by atoms with van der Waals surface area (Å²) < 4.78 is 36.4. The summed E-state index contributed by atoms with van der Waals surface area (Å²) in [7, 11) is -3.68. The van der Waals surface area contributed by atoms with Crippen LogP contribution in [0.25, 0.3) is 11.0 Å². The van der Waals surface area contributed by atoms with E-state index in [4.69, 9.17) is 0 Å². The summed E-state index contributed by atoms with van der Waals surface area (Å²) in [5, 5.41) is 0. The third kappa shape index (κ3) is 4.30. The molecule has 2 aliphatic heterocycles. The molecule has 180 valence electrons. The second kappa shape index (κ2) is 9.24. The lowest BCUT2D eigenvalue weighted by Crippen LogP contribution is -2.55. The number of rotatable bonds is 4. The van der Waals surface area contributed by atoms with Crippen LogP contribution in [0.3, 0.4) is 0 Å². The minimum absolute atomic E-state index is 0.138. The lowest BCUT2D eigenvalue weighted by molar-refractivity contribution is -0.137. The molecule has 0 spiro atoms. The summed E-state index contributed by atoms with van der Waals surface area (Å²) in [6, 6.07) is 13.8. The summed E-state index contributed by atoms with van der Waals surface area (Å²) >= 11 is 1.01. The van der Waals surface area contributed by atoms with Crippen molar-refractivity contribution in [3.8, 4) is 0 Å². The van der Waals surface area contributed by atoms with Gasteiger partial charge < -0.3 is 9.80 Å². The molecule has 2 aliphatic rings. The van der Waals surface area contributed by atoms with Gasteiger partial charge in [0.05, 0.1) is 11.7 Å². The van der Waals surface area contributed by atoms with Gasteiger partial charge in [0, 0.05) is 50.4 Å². The number of hydrogen-bond donors (Lipinski definition) is 0. The van der Waals surface area contributed by atoms with Crippen molar-refractivity contribution >= 4 is 44.4 Å². The number of aryl methyl sites for hydroxylation is 1. The fourth-order valence-corrected chi connectivity index (χ4v) is 7.23. The summed E-state index contributed by atoms with van der Waals surface area (Å²) in [5.41, 5.74) is 3.44. The molecule has 34 heavy (non-hydrogen) atoms. The van der Waals surface area contributed by atoms with E-state index >= 15 is 0 Å². The van der Waals surface area contributed by atoms with Crippen LogP contribution in [0, 0.1) is 12.8 Å². The molecule has 0 aliphatic carbocycles. The van der Waals surface area contributed by atoms with Crippen LogP contribution in [0.5, 0.6) is 0 Å². The highest BCUT2D eigenvalue weighted by Crippen LogP contribution is 2.29. The van der Waals surface area contributed by atoms with Gasteiger partial charge in [-0.25, -0.2) is 8.42 Å². The zero-order valence-corrected chi connectivity index (χ0v) is 21.1. The van der Waals surface area contributed by atoms with E-state index in [2.05, 4.69) is 51.8 Å². The van der Waals surface area contributed by atoms with Crippen molar-refractivity contribution in [2.75, 3.05) is 37.6 Å². The van der Waals surface area contributed by atoms with E-state index in [9.17, 15) is 13.2 Å². The second-order valence-electron chi connectivity index (χ2n) is 9.23. The third-order valence-corrected chi connectivity index (χ3v) is 9.45. The van der Waals surface area contributed by atoms with Gasteiger partial charge in [-0.05, 0) is 51.0 Å². The molecule has 10 heteroatoms. The standard InChI is InChI=1S/C24H29N5O3S2/c1-17-6-8-20(9-7-17)29-15-14-27(16-18(29)2)24(30)19-10-12-28(13-11-19)34(31,32)22-5-3-4-21-23(22)26-33-25-21/h3-9,18-19H,10-16H2,1-2H3/t18-/m1/s1. The Balaban J connectivity index is 1.21. The van der Waals surface area contributed by atoms with Crippen molar-refractivity contribution in [3.63, 3.8) is 0 Å². The number of piperidine rings is 1. The molecule has 3 heterocycles. The zero-order valence-electron chi connectivity index (χ0n) is 19.4. The third-order valence-electron chi connectivity index (χ3n) is 6.97. The van der Waals surface area contributed by atoms with Crippen molar-refractivity contribution in [1.82, 2.24) is 18.0 Å². The van der Waals surface area contributed by atoms with Gasteiger partial charge in [0.25, 0.3) is 0 Å². The van der Waals surface area contributed by atoms with Gasteiger partial charge >= 0.3 is 0 Å². The largest absolute Gasteiger partial charge is 0.365 e. The van der Waals surface area contributed by atoms with Gasteiger partial charge in [0.1, 0.15) is 15.9 Å². The molecule has 0 radical (unpaired) electrons. The molecule has 8 nitrogen and oxygen atoms in total. The molecule has 2 saturated heterocycles. The molecular formula is C24H29N5O3S2. The lowest BCUT2D eigenvalue weighted by atomic mass is 9.95. The van der Waals surface area contributed by atoms with Crippen LogP contribution in [0.4, 0.5) is 5.69 Å². The Kier molecular flexibility index (Phi) is 6.30. The first-order valence-electron chi connectivity index (χ1n) is 11.7. The second-order valence-corrected chi connectivity index (χ2v) is 11.7. The minimum Gasteiger partial charge on any atom is -0.365 e. The fraction of sp³-hybridized carbons (Fsp3) is 0.458. The van der Waals surface area contributed by atoms with Crippen molar-refractivity contribution < 1.29 is 13.2 Å². The van der Waals surface area contributed by atoms with Crippen LogP contribution < -0.4 is 4.90 Å². The highest BCUT2D eigenvalue weighted by atomic mass is 32.2. The number of carbonyl (C=O) groups excluding carboxylic acids is 1. The van der Waals surface area contributed by atoms with E-state index in [1.807, 2.05) is 4.90 Å². The Hall–Kier alpha value is -2.56. The van der Waals surface area contributed by atoms with E-state index in [0.29, 0.717) is 50.1 Å². The number of hydrogen-bond acceptors (Lipinski definition) is 7. The van der Waals surface area contributed by atoms with E-state index < -0.39 is 10.0 Å². The van der Waals surface area contributed by atoms with Gasteiger partial charge in [-0.2, -0.15) is 13.1 Å². The average molecular weight is 500 g/mol. The Bertz CT molecular complexity index is 1280. The first kappa shape index (κ1) is 23.2. The quantitative estimate of drug-likeness (QED) is 0.548. The highest BCUT2D eigenvalue weighted by molar-refractivity contribution is 7.89. The topological polar surface area (TPSA) is 86.7 Å². The predicted molar refractivity (Wildman–Crippen MR) is 133 cm³/mol. The van der Waals surface area contributed by atoms with E-state index in [1.165, 1.54) is 15.6 Å². The number of carbonyl (C=O) groups is 1.